The second-order valence-electron chi connectivity index (χ2n) is 2.48. The SMILES string of the molecule is Cc1sc(SN(C)C)cc1N. The van der Waals surface area contributed by atoms with Crippen molar-refractivity contribution in [1.29, 1.82) is 0 Å². The van der Waals surface area contributed by atoms with Crippen molar-refractivity contribution in [2.75, 3.05) is 19.8 Å². The molecule has 2 N–H and O–H groups in total. The number of nitrogens with two attached hydrogens (primary N) is 1. The molecule has 0 spiro atoms. The Labute approximate surface area is 75.5 Å². The first-order valence-corrected chi connectivity index (χ1v) is 4.90. The maximum atomic E-state index is 5.69. The summed E-state index contributed by atoms with van der Waals surface area (Å²) in [7, 11) is 4.05. The van der Waals surface area contributed by atoms with E-state index in [1.54, 1.807) is 23.3 Å². The maximum absolute atomic E-state index is 5.69. The first-order valence-electron chi connectivity index (χ1n) is 3.31. The Bertz CT molecular complexity index is 223. The zero-order valence-electron chi connectivity index (χ0n) is 6.92. The van der Waals surface area contributed by atoms with E-state index in [0.717, 1.165) is 5.69 Å². The summed E-state index contributed by atoms with van der Waals surface area (Å²) in [6, 6.07) is 2.02. The molecule has 1 heterocycles. The number of nitrogen functional groups attached to an aromatic ring is 1. The van der Waals surface area contributed by atoms with E-state index in [9.17, 15) is 0 Å². The monoisotopic (exact) mass is 188 g/mol. The third kappa shape index (κ3) is 2.39. The molecular weight excluding hydrogens is 176 g/mol. The van der Waals surface area contributed by atoms with Crippen molar-refractivity contribution in [2.45, 2.75) is 11.1 Å². The highest BCUT2D eigenvalue weighted by Gasteiger charge is 2.02. The van der Waals surface area contributed by atoms with E-state index in [1.165, 1.54) is 9.09 Å². The molecule has 0 saturated heterocycles. The summed E-state index contributed by atoms with van der Waals surface area (Å²) in [6.45, 7) is 2.04. The second kappa shape index (κ2) is 3.47. The van der Waals surface area contributed by atoms with Gasteiger partial charge < -0.3 is 5.73 Å². The van der Waals surface area contributed by atoms with Gasteiger partial charge in [-0.2, -0.15) is 0 Å². The minimum Gasteiger partial charge on any atom is -0.398 e. The van der Waals surface area contributed by atoms with Crippen LogP contribution in [0.4, 0.5) is 5.69 Å². The predicted octanol–water partition coefficient (Wildman–Crippen LogP) is 2.21. The fourth-order valence-corrected chi connectivity index (χ4v) is 2.87. The zero-order chi connectivity index (χ0) is 8.43. The lowest BCUT2D eigenvalue weighted by Gasteiger charge is -2.04. The minimum atomic E-state index is 0.902. The van der Waals surface area contributed by atoms with Crippen molar-refractivity contribution in [1.82, 2.24) is 4.31 Å². The summed E-state index contributed by atoms with van der Waals surface area (Å²) < 4.78 is 3.31. The Hall–Kier alpha value is -0.190. The number of nitrogens with zero attached hydrogens (tertiary/aromatic N) is 1. The Morgan fingerprint density at radius 1 is 1.55 bits per heavy atom. The van der Waals surface area contributed by atoms with Crippen LogP contribution < -0.4 is 5.73 Å². The third-order valence-electron chi connectivity index (χ3n) is 1.21. The number of thiophene rings is 1. The molecule has 0 unspecified atom stereocenters. The van der Waals surface area contributed by atoms with Crippen molar-refractivity contribution >= 4 is 29.0 Å². The van der Waals surface area contributed by atoms with Crippen LogP contribution in [-0.2, 0) is 0 Å². The first kappa shape index (κ1) is 8.90. The molecule has 4 heteroatoms. The number of hydrogen-bond donors (Lipinski definition) is 1. The largest absolute Gasteiger partial charge is 0.398 e. The van der Waals surface area contributed by atoms with Gasteiger partial charge in [-0.3, -0.25) is 4.31 Å². The summed E-state index contributed by atoms with van der Waals surface area (Å²) in [4.78, 5) is 1.20. The normalized spacial score (nSPS) is 10.9. The predicted molar refractivity (Wildman–Crippen MR) is 53.0 cm³/mol. The van der Waals surface area contributed by atoms with E-state index in [-0.39, 0.29) is 0 Å². The summed E-state index contributed by atoms with van der Waals surface area (Å²) >= 11 is 3.44. The van der Waals surface area contributed by atoms with Crippen molar-refractivity contribution in [2.24, 2.45) is 0 Å². The second-order valence-corrected chi connectivity index (χ2v) is 5.35. The molecule has 1 aromatic heterocycles. The number of rotatable bonds is 2. The van der Waals surface area contributed by atoms with Gasteiger partial charge in [-0.15, -0.1) is 11.3 Å². The molecule has 0 aliphatic heterocycles. The van der Waals surface area contributed by atoms with Crippen LogP contribution in [0.15, 0.2) is 10.3 Å². The van der Waals surface area contributed by atoms with Gasteiger partial charge in [0.15, 0.2) is 0 Å². The van der Waals surface area contributed by atoms with E-state index in [0.29, 0.717) is 0 Å². The molecule has 11 heavy (non-hydrogen) atoms. The lowest BCUT2D eigenvalue weighted by Crippen LogP contribution is -1.97. The van der Waals surface area contributed by atoms with Gasteiger partial charge in [0, 0.05) is 10.6 Å². The van der Waals surface area contributed by atoms with Crippen LogP contribution in [0.25, 0.3) is 0 Å². The highest BCUT2D eigenvalue weighted by atomic mass is 32.2. The zero-order valence-corrected chi connectivity index (χ0v) is 8.55. The number of hydrogen-bond acceptors (Lipinski definition) is 4. The number of anilines is 1. The molecule has 2 nitrogen and oxygen atoms in total. The molecular formula is C7H12N2S2. The van der Waals surface area contributed by atoms with Gasteiger partial charge >= 0.3 is 0 Å². The van der Waals surface area contributed by atoms with Crippen molar-refractivity contribution < 1.29 is 0 Å². The van der Waals surface area contributed by atoms with E-state index < -0.39 is 0 Å². The van der Waals surface area contributed by atoms with Crippen molar-refractivity contribution in [3.63, 3.8) is 0 Å². The number of aryl methyl sites for hydroxylation is 1. The molecule has 0 bridgehead atoms. The fraction of sp³-hybridized carbons (Fsp3) is 0.429. The molecule has 1 rings (SSSR count). The lowest BCUT2D eigenvalue weighted by atomic mass is 10.4. The molecule has 62 valence electrons. The summed E-state index contributed by atoms with van der Waals surface area (Å²) in [5.41, 5.74) is 6.60. The highest BCUT2D eigenvalue weighted by Crippen LogP contribution is 2.32. The van der Waals surface area contributed by atoms with Crippen LogP contribution >= 0.6 is 23.3 Å². The van der Waals surface area contributed by atoms with E-state index >= 15 is 0 Å². The van der Waals surface area contributed by atoms with Gasteiger partial charge in [0.25, 0.3) is 0 Å². The minimum absolute atomic E-state index is 0.902. The summed E-state index contributed by atoms with van der Waals surface area (Å²) in [6.07, 6.45) is 0. The average molecular weight is 188 g/mol. The molecule has 0 amide bonds. The summed E-state index contributed by atoms with van der Waals surface area (Å²) in [5, 5.41) is 0. The Morgan fingerprint density at radius 2 is 2.18 bits per heavy atom. The molecule has 0 aliphatic carbocycles. The highest BCUT2D eigenvalue weighted by molar-refractivity contribution is 7.98. The molecule has 1 aromatic rings. The Balaban J connectivity index is 2.73. The average Bonchev–Trinajstić information content (AvgIpc) is 2.10. The quantitative estimate of drug-likeness (QED) is 0.721. The van der Waals surface area contributed by atoms with Gasteiger partial charge in [0.2, 0.25) is 0 Å². The smallest absolute Gasteiger partial charge is 0.0777 e. The van der Waals surface area contributed by atoms with Crippen LogP contribution in [-0.4, -0.2) is 18.4 Å². The van der Waals surface area contributed by atoms with E-state index in [1.807, 2.05) is 27.1 Å². The lowest BCUT2D eigenvalue weighted by molar-refractivity contribution is 0.704. The van der Waals surface area contributed by atoms with Gasteiger partial charge in [0.1, 0.15) is 0 Å². The Morgan fingerprint density at radius 3 is 2.55 bits per heavy atom. The van der Waals surface area contributed by atoms with E-state index in [2.05, 4.69) is 4.31 Å². The van der Waals surface area contributed by atoms with Crippen LogP contribution in [0.2, 0.25) is 0 Å². The molecule has 0 aromatic carbocycles. The molecule has 0 atom stereocenters. The van der Waals surface area contributed by atoms with Crippen LogP contribution in [0.3, 0.4) is 0 Å². The van der Waals surface area contributed by atoms with Crippen LogP contribution in [0.5, 0.6) is 0 Å². The molecule has 0 saturated carbocycles. The first-order chi connectivity index (χ1) is 5.09. The third-order valence-corrected chi connectivity index (χ3v) is 3.20. The maximum Gasteiger partial charge on any atom is 0.0777 e. The standard InChI is InChI=1S/C7H12N2S2/c1-5-6(8)4-7(10-5)11-9(2)3/h4H,8H2,1-3H3. The van der Waals surface area contributed by atoms with Crippen molar-refractivity contribution in [3.8, 4) is 0 Å². The van der Waals surface area contributed by atoms with Crippen molar-refractivity contribution in [3.05, 3.63) is 10.9 Å². The fourth-order valence-electron chi connectivity index (χ4n) is 0.693. The van der Waals surface area contributed by atoms with Gasteiger partial charge in [-0.05, 0) is 39.0 Å². The summed E-state index contributed by atoms with van der Waals surface area (Å²) in [5.74, 6) is 0. The van der Waals surface area contributed by atoms with E-state index in [4.69, 9.17) is 5.73 Å². The Kier molecular flexibility index (Phi) is 2.81. The van der Waals surface area contributed by atoms with Gasteiger partial charge in [-0.1, -0.05) is 0 Å². The van der Waals surface area contributed by atoms with Crippen LogP contribution in [0, 0.1) is 6.92 Å². The molecule has 0 fully saturated rings. The molecule has 0 aliphatic rings. The van der Waals surface area contributed by atoms with Gasteiger partial charge in [-0.25, -0.2) is 0 Å². The van der Waals surface area contributed by atoms with Gasteiger partial charge in [0.05, 0.1) is 4.21 Å². The molecule has 0 radical (unpaired) electrons. The topological polar surface area (TPSA) is 29.3 Å². The van der Waals surface area contributed by atoms with Crippen LogP contribution in [0.1, 0.15) is 4.88 Å².